The maximum atomic E-state index is 14.0. The molecule has 0 unspecified atom stereocenters. The summed E-state index contributed by atoms with van der Waals surface area (Å²) in [5.41, 5.74) is 2.90. The van der Waals surface area contributed by atoms with Crippen LogP contribution in [0, 0.1) is 19.7 Å². The van der Waals surface area contributed by atoms with E-state index < -0.39 is 5.82 Å². The van der Waals surface area contributed by atoms with Gasteiger partial charge in [0, 0.05) is 40.8 Å². The summed E-state index contributed by atoms with van der Waals surface area (Å²) in [6, 6.07) is 18.0. The van der Waals surface area contributed by atoms with Gasteiger partial charge in [-0.3, -0.25) is 0 Å². The number of halogens is 2. The van der Waals surface area contributed by atoms with E-state index in [1.807, 2.05) is 50.2 Å². The van der Waals surface area contributed by atoms with Gasteiger partial charge in [-0.25, -0.2) is 44.3 Å². The summed E-state index contributed by atoms with van der Waals surface area (Å²) < 4.78 is 14.0. The van der Waals surface area contributed by atoms with Crippen molar-refractivity contribution < 1.29 is 4.39 Å². The van der Waals surface area contributed by atoms with Crippen molar-refractivity contribution in [2.24, 2.45) is 0 Å². The van der Waals surface area contributed by atoms with Crippen LogP contribution in [0.5, 0.6) is 0 Å². The van der Waals surface area contributed by atoms with Gasteiger partial charge in [-0.1, -0.05) is 23.7 Å². The molecule has 8 nitrogen and oxygen atoms in total. The fourth-order valence-corrected chi connectivity index (χ4v) is 4.28. The second-order valence-electron chi connectivity index (χ2n) is 8.61. The Labute approximate surface area is 222 Å². The lowest BCUT2D eigenvalue weighted by atomic mass is 10.2. The molecule has 0 aliphatic carbocycles. The van der Waals surface area contributed by atoms with Crippen LogP contribution < -0.4 is 10.0 Å². The number of nitrogens with zero attached hydrogens (tertiary/aromatic N) is 8. The van der Waals surface area contributed by atoms with Crippen molar-refractivity contribution in [3.8, 4) is 0 Å². The van der Waals surface area contributed by atoms with E-state index in [4.69, 9.17) is 31.5 Å². The Bertz CT molecular complexity index is 1640. The number of aromatic nitrogens is 6. The lowest BCUT2D eigenvalue weighted by Gasteiger charge is -2.35. The van der Waals surface area contributed by atoms with Crippen LogP contribution in [0.3, 0.4) is 0 Å². The van der Waals surface area contributed by atoms with Crippen molar-refractivity contribution in [2.75, 3.05) is 10.0 Å². The molecule has 0 aromatic carbocycles. The molecule has 0 spiro atoms. The Morgan fingerprint density at radius 3 is 1.61 bits per heavy atom. The van der Waals surface area contributed by atoms with E-state index in [-0.39, 0.29) is 0 Å². The Balaban J connectivity index is 1.71. The smallest absolute Gasteiger partial charge is 0.180 e. The molecule has 0 N–H and O–H groups in total. The fraction of sp³-hybridized carbons (Fsp3) is 0.0714. The monoisotopic (exact) mass is 522 g/mol. The third-order valence-electron chi connectivity index (χ3n) is 5.92. The van der Waals surface area contributed by atoms with E-state index in [0.717, 1.165) is 28.4 Å². The normalized spacial score (nSPS) is 11.2. The molecule has 186 valence electrons. The van der Waals surface area contributed by atoms with Gasteiger partial charge in [0.1, 0.15) is 16.9 Å². The molecule has 0 amide bonds. The second kappa shape index (κ2) is 9.60. The van der Waals surface area contributed by atoms with Crippen LogP contribution in [0.4, 0.5) is 27.7 Å². The van der Waals surface area contributed by atoms with E-state index in [2.05, 4.69) is 9.97 Å². The maximum Gasteiger partial charge on any atom is 0.180 e. The summed E-state index contributed by atoms with van der Waals surface area (Å²) >= 11 is 6.21. The van der Waals surface area contributed by atoms with Gasteiger partial charge in [-0.15, -0.1) is 0 Å². The molecule has 0 radical (unpaired) electrons. The zero-order valence-corrected chi connectivity index (χ0v) is 21.2. The highest BCUT2D eigenvalue weighted by molar-refractivity contribution is 6.30. The van der Waals surface area contributed by atoms with Gasteiger partial charge in [0.2, 0.25) is 0 Å². The minimum absolute atomic E-state index is 0.373. The summed E-state index contributed by atoms with van der Waals surface area (Å²) in [6.45, 7) is 3.83. The molecule has 0 saturated carbocycles. The largest absolute Gasteiger partial charge is 0.249 e. The molecule has 6 rings (SSSR count). The summed E-state index contributed by atoms with van der Waals surface area (Å²) in [4.78, 5) is 28.1. The number of hydrazine groups is 1. The minimum atomic E-state index is -0.467. The molecule has 6 aromatic heterocycles. The zero-order valence-electron chi connectivity index (χ0n) is 20.4. The van der Waals surface area contributed by atoms with Crippen LogP contribution in [-0.4, -0.2) is 29.9 Å². The van der Waals surface area contributed by atoms with Gasteiger partial charge in [0.05, 0.1) is 11.2 Å². The Morgan fingerprint density at radius 1 is 0.605 bits per heavy atom. The van der Waals surface area contributed by atoms with Crippen molar-refractivity contribution >= 4 is 56.7 Å². The first-order valence-electron chi connectivity index (χ1n) is 11.8. The molecule has 0 fully saturated rings. The molecular formula is C28H20ClFN8. The van der Waals surface area contributed by atoms with E-state index in [1.165, 1.54) is 6.07 Å². The lowest BCUT2D eigenvalue weighted by Crippen LogP contribution is -2.38. The van der Waals surface area contributed by atoms with Crippen LogP contribution in [0.1, 0.15) is 11.4 Å². The number of hydrogen-bond acceptors (Lipinski definition) is 8. The quantitative estimate of drug-likeness (QED) is 0.232. The summed E-state index contributed by atoms with van der Waals surface area (Å²) in [5, 5.41) is 5.69. The predicted octanol–water partition coefficient (Wildman–Crippen LogP) is 6.66. The molecule has 0 aliphatic rings. The molecule has 6 aromatic rings. The zero-order chi connectivity index (χ0) is 26.2. The topological polar surface area (TPSA) is 83.8 Å². The van der Waals surface area contributed by atoms with E-state index >= 15 is 0 Å². The van der Waals surface area contributed by atoms with Gasteiger partial charge in [-0.2, -0.15) is 0 Å². The minimum Gasteiger partial charge on any atom is -0.249 e. The molecule has 0 saturated heterocycles. The van der Waals surface area contributed by atoms with Gasteiger partial charge in [0.15, 0.2) is 23.3 Å². The molecule has 0 atom stereocenters. The third-order valence-corrected chi connectivity index (χ3v) is 6.14. The first kappa shape index (κ1) is 23.6. The summed E-state index contributed by atoms with van der Waals surface area (Å²) in [5.74, 6) is 1.30. The standard InChI is InChI=1S/C28H20ClFN8/c1-17-3-5-19-11-13-31-27(25(19)35-17)37(23-9-7-21(29)15-33-23)38(24-10-8-22(30)16-34-24)28-26-20(12-14-32-28)6-4-18(2)36-26/h3-16H,1-2H3. The first-order chi connectivity index (χ1) is 18.5. The Kier molecular flexibility index (Phi) is 5.97. The summed E-state index contributed by atoms with van der Waals surface area (Å²) in [7, 11) is 0. The fourth-order valence-electron chi connectivity index (χ4n) is 4.17. The van der Waals surface area contributed by atoms with Gasteiger partial charge < -0.3 is 0 Å². The van der Waals surface area contributed by atoms with E-state index in [0.29, 0.717) is 39.3 Å². The Hall–Kier alpha value is -4.76. The van der Waals surface area contributed by atoms with Crippen molar-refractivity contribution in [2.45, 2.75) is 13.8 Å². The van der Waals surface area contributed by atoms with Crippen molar-refractivity contribution in [1.82, 2.24) is 29.9 Å². The molecule has 6 heterocycles. The molecular weight excluding hydrogens is 503 g/mol. The number of pyridine rings is 6. The van der Waals surface area contributed by atoms with Crippen molar-refractivity contribution in [3.05, 3.63) is 108 Å². The van der Waals surface area contributed by atoms with Crippen LogP contribution >= 0.6 is 11.6 Å². The van der Waals surface area contributed by atoms with Gasteiger partial charge in [-0.05, 0) is 62.4 Å². The second-order valence-corrected chi connectivity index (χ2v) is 9.05. The number of aryl methyl sites for hydroxylation is 2. The van der Waals surface area contributed by atoms with Crippen LogP contribution in [0.15, 0.2) is 85.5 Å². The SMILES string of the molecule is Cc1ccc2ccnc(N(c3ccc(F)cn3)N(c3ccc(Cl)cn3)c3nccc4ccc(C)nc34)c2n1. The third kappa shape index (κ3) is 4.33. The van der Waals surface area contributed by atoms with Crippen LogP contribution in [-0.2, 0) is 0 Å². The number of rotatable bonds is 5. The predicted molar refractivity (Wildman–Crippen MR) is 146 cm³/mol. The summed E-state index contributed by atoms with van der Waals surface area (Å²) in [6.07, 6.45) is 6.09. The van der Waals surface area contributed by atoms with Gasteiger partial charge in [0.25, 0.3) is 0 Å². The first-order valence-corrected chi connectivity index (χ1v) is 12.1. The number of fused-ring (bicyclic) bond motifs is 2. The maximum absolute atomic E-state index is 14.0. The highest BCUT2D eigenvalue weighted by atomic mass is 35.5. The van der Waals surface area contributed by atoms with E-state index in [1.54, 1.807) is 46.8 Å². The van der Waals surface area contributed by atoms with Gasteiger partial charge >= 0.3 is 0 Å². The highest BCUT2D eigenvalue weighted by Gasteiger charge is 2.29. The lowest BCUT2D eigenvalue weighted by molar-refractivity contribution is 0.621. The van der Waals surface area contributed by atoms with Crippen LogP contribution in [0.2, 0.25) is 5.02 Å². The average molecular weight is 523 g/mol. The molecule has 38 heavy (non-hydrogen) atoms. The van der Waals surface area contributed by atoms with Crippen molar-refractivity contribution in [3.63, 3.8) is 0 Å². The molecule has 10 heteroatoms. The van der Waals surface area contributed by atoms with E-state index in [9.17, 15) is 4.39 Å². The highest BCUT2D eigenvalue weighted by Crippen LogP contribution is 2.38. The number of anilines is 4. The molecule has 0 bridgehead atoms. The molecule has 0 aliphatic heterocycles. The van der Waals surface area contributed by atoms with Crippen molar-refractivity contribution in [1.29, 1.82) is 0 Å². The average Bonchev–Trinajstić information content (AvgIpc) is 2.93. The Morgan fingerprint density at radius 2 is 1.13 bits per heavy atom. The number of hydrogen-bond donors (Lipinski definition) is 0. The van der Waals surface area contributed by atoms with Crippen LogP contribution in [0.25, 0.3) is 21.8 Å².